The highest BCUT2D eigenvalue weighted by Gasteiger charge is 2.43. The van der Waals surface area contributed by atoms with Crippen LogP contribution in [0, 0.1) is 0 Å². The molecule has 10 nitrogen and oxygen atoms in total. The van der Waals surface area contributed by atoms with Crippen LogP contribution in [0.25, 0.3) is 0 Å². The van der Waals surface area contributed by atoms with Crippen molar-refractivity contribution in [3.8, 4) is 0 Å². The Morgan fingerprint density at radius 1 is 1.00 bits per heavy atom. The predicted octanol–water partition coefficient (Wildman–Crippen LogP) is 6.15. The molecule has 10 heteroatoms. The molecule has 0 bridgehead atoms. The first-order valence-electron chi connectivity index (χ1n) is 14.0. The van der Waals surface area contributed by atoms with E-state index in [0.29, 0.717) is 17.9 Å². The van der Waals surface area contributed by atoms with Gasteiger partial charge in [0.1, 0.15) is 29.8 Å². The van der Waals surface area contributed by atoms with Gasteiger partial charge in [-0.15, -0.1) is 13.2 Å². The average molecular weight is 585 g/mol. The van der Waals surface area contributed by atoms with Crippen LogP contribution in [0.2, 0.25) is 0 Å². The van der Waals surface area contributed by atoms with Gasteiger partial charge >= 0.3 is 12.2 Å². The van der Waals surface area contributed by atoms with E-state index in [0.717, 1.165) is 15.4 Å². The van der Waals surface area contributed by atoms with Crippen molar-refractivity contribution in [2.24, 2.45) is 0 Å². The van der Waals surface area contributed by atoms with Crippen molar-refractivity contribution in [1.29, 1.82) is 0 Å². The Kier molecular flexibility index (Phi) is 9.59. The second-order valence-corrected chi connectivity index (χ2v) is 11.1. The second-order valence-electron chi connectivity index (χ2n) is 11.1. The highest BCUT2D eigenvalue weighted by molar-refractivity contribution is 6.13. The summed E-state index contributed by atoms with van der Waals surface area (Å²) in [6, 6.07) is 16.4. The maximum Gasteiger partial charge on any atom is 0.421 e. The number of imide groups is 1. The Balaban J connectivity index is 1.75. The molecule has 0 radical (unpaired) electrons. The lowest BCUT2D eigenvalue weighted by Gasteiger charge is -2.28. The number of aromatic nitrogens is 2. The fourth-order valence-electron chi connectivity index (χ4n) is 4.91. The maximum absolute atomic E-state index is 14.2. The molecule has 4 rings (SSSR count). The topological polar surface area (TPSA) is 111 Å². The first-order valence-corrected chi connectivity index (χ1v) is 14.0. The quantitative estimate of drug-likeness (QED) is 0.278. The molecule has 0 spiro atoms. The van der Waals surface area contributed by atoms with Crippen molar-refractivity contribution in [3.63, 3.8) is 0 Å². The predicted molar refractivity (Wildman–Crippen MR) is 164 cm³/mol. The molecular weight excluding hydrogens is 548 g/mol. The number of carbonyl (C=O) groups excluding carboxylic acids is 3. The van der Waals surface area contributed by atoms with Crippen LogP contribution >= 0.6 is 0 Å². The van der Waals surface area contributed by atoms with Crippen molar-refractivity contribution < 1.29 is 23.9 Å². The van der Waals surface area contributed by atoms with Gasteiger partial charge in [0.05, 0.1) is 11.9 Å². The van der Waals surface area contributed by atoms with Crippen LogP contribution in [0.5, 0.6) is 0 Å². The Morgan fingerprint density at radius 3 is 2.26 bits per heavy atom. The summed E-state index contributed by atoms with van der Waals surface area (Å²) in [5.74, 6) is -0.612. The van der Waals surface area contributed by atoms with Gasteiger partial charge in [-0.2, -0.15) is 0 Å². The van der Waals surface area contributed by atoms with Crippen molar-refractivity contribution in [1.82, 2.24) is 9.55 Å². The molecule has 3 amide bonds. The molecular formula is C33H36N4O6. The molecule has 2 heterocycles. The molecule has 3 aromatic rings. The number of hydrogen-bond acceptors (Lipinski definition) is 7. The number of benzene rings is 2. The van der Waals surface area contributed by atoms with Gasteiger partial charge < -0.3 is 9.47 Å². The van der Waals surface area contributed by atoms with E-state index in [1.165, 1.54) is 16.8 Å². The zero-order valence-corrected chi connectivity index (χ0v) is 24.6. The Labute approximate surface area is 250 Å². The Morgan fingerprint density at radius 2 is 1.65 bits per heavy atom. The van der Waals surface area contributed by atoms with Crippen molar-refractivity contribution in [3.05, 3.63) is 114 Å². The van der Waals surface area contributed by atoms with E-state index >= 15 is 0 Å². The molecule has 0 saturated heterocycles. The fraction of sp³-hybridized carbons (Fsp3) is 0.303. The minimum atomic E-state index is -1.10. The van der Waals surface area contributed by atoms with Crippen LogP contribution < -0.4 is 15.4 Å². The number of rotatable bonds is 9. The van der Waals surface area contributed by atoms with Gasteiger partial charge in [-0.25, -0.2) is 19.5 Å². The second kappa shape index (κ2) is 13.3. The van der Waals surface area contributed by atoms with E-state index in [1.807, 2.05) is 30.3 Å². The summed E-state index contributed by atoms with van der Waals surface area (Å²) in [5, 5.41) is 0. The van der Waals surface area contributed by atoms with Crippen LogP contribution in [0.3, 0.4) is 0 Å². The lowest BCUT2D eigenvalue weighted by molar-refractivity contribution is -0.121. The monoisotopic (exact) mass is 584 g/mol. The molecule has 0 N–H and O–H groups in total. The number of allylic oxidation sites excluding steroid dienone is 1. The van der Waals surface area contributed by atoms with E-state index in [2.05, 4.69) is 18.1 Å². The third-order valence-corrected chi connectivity index (χ3v) is 6.76. The summed E-state index contributed by atoms with van der Waals surface area (Å²) in [4.78, 5) is 61.5. The molecule has 1 aliphatic heterocycles. The molecule has 1 aromatic heterocycles. The van der Waals surface area contributed by atoms with Gasteiger partial charge in [-0.3, -0.25) is 19.1 Å². The summed E-state index contributed by atoms with van der Waals surface area (Å²) in [7, 11) is 0. The van der Waals surface area contributed by atoms with Gasteiger partial charge in [-0.05, 0) is 51.3 Å². The van der Waals surface area contributed by atoms with Crippen LogP contribution in [-0.2, 0) is 20.9 Å². The van der Waals surface area contributed by atoms with Gasteiger partial charge in [0.15, 0.2) is 0 Å². The highest BCUT2D eigenvalue weighted by atomic mass is 16.6. The first-order chi connectivity index (χ1) is 20.6. The number of amides is 3. The summed E-state index contributed by atoms with van der Waals surface area (Å²) >= 11 is 0. The van der Waals surface area contributed by atoms with Gasteiger partial charge in [0.2, 0.25) is 0 Å². The normalized spacial score (nSPS) is 15.6. The zero-order valence-electron chi connectivity index (χ0n) is 24.6. The van der Waals surface area contributed by atoms with Gasteiger partial charge in [-0.1, -0.05) is 60.7 Å². The standard InChI is InChI=1S/C33H36N4O6/c1-6-14-24-20-26(29(38)36(25-17-12-9-13-18-25)32(41)43-33(3,4)5)37-28(24)34-21-27(30(37)39)35(19-7-2)31(40)42-22-23-15-10-8-11-16-23/h6-13,15-18,21,24,26H,1-2,14,19-20,22H2,3-5H3/t24-,26+/m1/s1. The number of carbonyl (C=O) groups is 3. The molecule has 0 fully saturated rings. The summed E-state index contributed by atoms with van der Waals surface area (Å²) in [6.07, 6.45) is 3.47. The lowest BCUT2D eigenvalue weighted by atomic mass is 9.99. The summed E-state index contributed by atoms with van der Waals surface area (Å²) in [6.45, 7) is 12.6. The number of anilines is 2. The Hall–Kier alpha value is -4.99. The van der Waals surface area contributed by atoms with Gasteiger partial charge in [0.25, 0.3) is 11.5 Å². The number of fused-ring (bicyclic) bond motifs is 1. The lowest BCUT2D eigenvalue weighted by Crippen LogP contribution is -2.46. The summed E-state index contributed by atoms with van der Waals surface area (Å²) in [5.41, 5.74) is -0.502. The molecule has 0 saturated carbocycles. The number of para-hydroxylation sites is 1. The minimum absolute atomic E-state index is 0.00252. The molecule has 0 unspecified atom stereocenters. The van der Waals surface area contributed by atoms with Crippen LogP contribution in [0.15, 0.2) is 97.0 Å². The number of nitrogens with zero attached hydrogens (tertiary/aromatic N) is 4. The minimum Gasteiger partial charge on any atom is -0.444 e. The van der Waals surface area contributed by atoms with Crippen molar-refractivity contribution >= 4 is 29.5 Å². The average Bonchev–Trinajstić information content (AvgIpc) is 3.35. The molecule has 1 aliphatic rings. The van der Waals surface area contributed by atoms with Gasteiger partial charge in [0, 0.05) is 12.5 Å². The Bertz CT molecular complexity index is 1550. The van der Waals surface area contributed by atoms with E-state index in [1.54, 1.807) is 57.2 Å². The highest BCUT2D eigenvalue weighted by Crippen LogP contribution is 2.38. The van der Waals surface area contributed by atoms with E-state index < -0.39 is 35.3 Å². The third-order valence-electron chi connectivity index (χ3n) is 6.76. The van der Waals surface area contributed by atoms with Crippen LogP contribution in [0.1, 0.15) is 57.0 Å². The first kappa shape index (κ1) is 31.0. The van der Waals surface area contributed by atoms with E-state index in [-0.39, 0.29) is 31.2 Å². The smallest absolute Gasteiger partial charge is 0.421 e. The number of ether oxygens (including phenoxy) is 2. The fourth-order valence-corrected chi connectivity index (χ4v) is 4.91. The zero-order chi connectivity index (χ0) is 31.1. The SMILES string of the molecule is C=CC[C@@H]1C[C@@H](C(=O)N(C(=O)OC(C)(C)C)c2ccccc2)n2c1ncc(N(CC=C)C(=O)OCc1ccccc1)c2=O. The molecule has 2 aromatic carbocycles. The van der Waals surface area contributed by atoms with Crippen molar-refractivity contribution in [2.45, 2.75) is 57.8 Å². The molecule has 0 aliphatic carbocycles. The van der Waals surface area contributed by atoms with Crippen LogP contribution in [0.4, 0.5) is 21.0 Å². The van der Waals surface area contributed by atoms with Crippen LogP contribution in [-0.4, -0.2) is 39.8 Å². The van der Waals surface area contributed by atoms with Crippen molar-refractivity contribution in [2.75, 3.05) is 16.3 Å². The van der Waals surface area contributed by atoms with E-state index in [4.69, 9.17) is 9.47 Å². The largest absolute Gasteiger partial charge is 0.444 e. The van der Waals surface area contributed by atoms with E-state index in [9.17, 15) is 19.2 Å². The molecule has 2 atom stereocenters. The molecule has 43 heavy (non-hydrogen) atoms. The molecule has 224 valence electrons. The third kappa shape index (κ3) is 7.09. The summed E-state index contributed by atoms with van der Waals surface area (Å²) < 4.78 is 12.3. The number of hydrogen-bond donors (Lipinski definition) is 0. The maximum atomic E-state index is 14.2.